The first-order valence-corrected chi connectivity index (χ1v) is 5.32. The Labute approximate surface area is 113 Å². The van der Waals surface area contributed by atoms with Crippen LogP contribution in [0.1, 0.15) is 16.2 Å². The summed E-state index contributed by atoms with van der Waals surface area (Å²) in [5.41, 5.74) is -5.04. The summed E-state index contributed by atoms with van der Waals surface area (Å²) < 4.78 is 54.9. The van der Waals surface area contributed by atoms with Crippen molar-refractivity contribution in [2.24, 2.45) is 0 Å². The van der Waals surface area contributed by atoms with Crippen LogP contribution in [0.15, 0.2) is 18.2 Å². The summed E-state index contributed by atoms with van der Waals surface area (Å²) in [5, 5.41) is 11.8. The standard InChI is InChI=1S/C11H6F4N2O4/c1-21-10(18)8-9(11(13,14)15)17(20)6-3-2-5(12)4-7(6)16(8)19/h2-4H,1H3. The molecule has 0 fully saturated rings. The topological polar surface area (TPSA) is 77.3 Å². The molecule has 112 valence electrons. The SMILES string of the molecule is COC(=O)c1c(C(F)(F)F)n([O-])c2ccc(F)cc2[n+]1=O. The lowest BCUT2D eigenvalue weighted by molar-refractivity contribution is -0.471. The van der Waals surface area contributed by atoms with Crippen LogP contribution < -0.4 is 4.43 Å². The van der Waals surface area contributed by atoms with E-state index in [1.54, 1.807) is 0 Å². The average Bonchev–Trinajstić information content (AvgIpc) is 2.40. The van der Waals surface area contributed by atoms with Crippen LogP contribution in [-0.2, 0) is 10.9 Å². The number of benzene rings is 1. The van der Waals surface area contributed by atoms with Gasteiger partial charge >= 0.3 is 17.8 Å². The first kappa shape index (κ1) is 14.8. The van der Waals surface area contributed by atoms with Gasteiger partial charge < -0.3 is 14.7 Å². The first-order chi connectivity index (χ1) is 9.68. The second-order valence-electron chi connectivity index (χ2n) is 3.91. The van der Waals surface area contributed by atoms with Gasteiger partial charge in [0.25, 0.3) is 5.52 Å². The van der Waals surface area contributed by atoms with Gasteiger partial charge in [0, 0.05) is 4.91 Å². The predicted octanol–water partition coefficient (Wildman–Crippen LogP) is 1.85. The van der Waals surface area contributed by atoms with E-state index in [2.05, 4.69) is 4.74 Å². The zero-order valence-electron chi connectivity index (χ0n) is 10.3. The number of carbonyl (C=O) groups is 1. The minimum Gasteiger partial charge on any atom is -0.805 e. The van der Waals surface area contributed by atoms with Crippen molar-refractivity contribution in [3.05, 3.63) is 45.5 Å². The summed E-state index contributed by atoms with van der Waals surface area (Å²) in [5.74, 6) is -2.62. The molecule has 0 aliphatic carbocycles. The van der Waals surface area contributed by atoms with Crippen molar-refractivity contribution in [2.45, 2.75) is 6.18 Å². The van der Waals surface area contributed by atoms with E-state index in [1.165, 1.54) is 0 Å². The molecular formula is C11H6F4N2O4. The number of nitrogens with zero attached hydrogens (tertiary/aromatic N) is 2. The monoisotopic (exact) mass is 306 g/mol. The fraction of sp³-hybridized carbons (Fsp3) is 0.182. The highest BCUT2D eigenvalue weighted by Crippen LogP contribution is 2.32. The molecule has 0 amide bonds. The number of alkyl halides is 3. The van der Waals surface area contributed by atoms with Crippen LogP contribution in [0.2, 0.25) is 0 Å². The Kier molecular flexibility index (Phi) is 3.32. The van der Waals surface area contributed by atoms with Gasteiger partial charge in [-0.3, -0.25) is 0 Å². The molecule has 1 heterocycles. The van der Waals surface area contributed by atoms with E-state index in [1.807, 2.05) is 0 Å². The number of ether oxygens (including phenoxy) is 1. The number of rotatable bonds is 1. The number of halogens is 4. The van der Waals surface area contributed by atoms with Gasteiger partial charge in [-0.25, -0.2) is 9.18 Å². The van der Waals surface area contributed by atoms with Crippen LogP contribution in [0.4, 0.5) is 17.6 Å². The summed E-state index contributed by atoms with van der Waals surface area (Å²) >= 11 is 0. The van der Waals surface area contributed by atoms with E-state index in [9.17, 15) is 32.5 Å². The number of carbonyl (C=O) groups excluding carboxylic acids is 1. The highest BCUT2D eigenvalue weighted by atomic mass is 19.4. The molecule has 2 rings (SSSR count). The molecule has 6 nitrogen and oxygen atoms in total. The molecule has 0 radical (unpaired) electrons. The number of fused-ring (bicyclic) bond motifs is 1. The maximum Gasteiger partial charge on any atom is 0.438 e. The van der Waals surface area contributed by atoms with E-state index < -0.39 is 49.5 Å². The van der Waals surface area contributed by atoms with Crippen molar-refractivity contribution < 1.29 is 31.5 Å². The molecule has 10 heteroatoms. The van der Waals surface area contributed by atoms with Gasteiger partial charge in [-0.15, -0.1) is 0 Å². The summed E-state index contributed by atoms with van der Waals surface area (Å²) in [6.07, 6.45) is -5.28. The fourth-order valence-electron chi connectivity index (χ4n) is 1.79. The van der Waals surface area contributed by atoms with E-state index in [-0.39, 0.29) is 0 Å². The summed E-state index contributed by atoms with van der Waals surface area (Å²) in [6, 6.07) is 1.97. The molecule has 0 bridgehead atoms. The molecule has 0 unspecified atom stereocenters. The van der Waals surface area contributed by atoms with Gasteiger partial charge in [-0.05, 0) is 12.1 Å². The van der Waals surface area contributed by atoms with Crippen LogP contribution >= 0.6 is 0 Å². The van der Waals surface area contributed by atoms with Gasteiger partial charge in [0.05, 0.1) is 17.6 Å². The predicted molar refractivity (Wildman–Crippen MR) is 60.4 cm³/mol. The third-order valence-electron chi connectivity index (χ3n) is 2.65. The van der Waals surface area contributed by atoms with E-state index in [0.29, 0.717) is 18.2 Å². The summed E-state index contributed by atoms with van der Waals surface area (Å²) in [4.78, 5) is 23.3. The van der Waals surface area contributed by atoms with E-state index in [0.717, 1.165) is 7.11 Å². The van der Waals surface area contributed by atoms with Crippen molar-refractivity contribution in [2.75, 3.05) is 7.11 Å². The zero-order valence-corrected chi connectivity index (χ0v) is 10.3. The molecule has 0 saturated heterocycles. The third-order valence-corrected chi connectivity index (χ3v) is 2.65. The molecule has 0 N–H and O–H groups in total. The highest BCUT2D eigenvalue weighted by Gasteiger charge is 2.45. The van der Waals surface area contributed by atoms with E-state index >= 15 is 0 Å². The Hall–Kier alpha value is -2.65. The van der Waals surface area contributed by atoms with Gasteiger partial charge in [-0.2, -0.15) is 13.2 Å². The Bertz CT molecular complexity index is 797. The van der Waals surface area contributed by atoms with E-state index in [4.69, 9.17) is 0 Å². The number of hydrogen-bond acceptors (Lipinski definition) is 4. The van der Waals surface area contributed by atoms with Crippen LogP contribution in [0.5, 0.6) is 0 Å². The average molecular weight is 306 g/mol. The van der Waals surface area contributed by atoms with Crippen molar-refractivity contribution in [3.8, 4) is 0 Å². The van der Waals surface area contributed by atoms with Crippen LogP contribution in [0.25, 0.3) is 11.0 Å². The molecule has 1 aromatic heterocycles. The summed E-state index contributed by atoms with van der Waals surface area (Å²) in [6.45, 7) is 0. The zero-order chi connectivity index (χ0) is 15.9. The first-order valence-electron chi connectivity index (χ1n) is 5.32. The third kappa shape index (κ3) is 2.28. The molecule has 0 saturated carbocycles. The number of esters is 1. The number of methoxy groups -OCH3 is 1. The van der Waals surface area contributed by atoms with Crippen LogP contribution in [0.3, 0.4) is 0 Å². The Morgan fingerprint density at radius 2 is 2.00 bits per heavy atom. The molecule has 0 aliphatic heterocycles. The lowest BCUT2D eigenvalue weighted by Gasteiger charge is -2.19. The van der Waals surface area contributed by atoms with Gasteiger partial charge in [0.1, 0.15) is 11.3 Å². The fourth-order valence-corrected chi connectivity index (χ4v) is 1.79. The van der Waals surface area contributed by atoms with Crippen LogP contribution in [0, 0.1) is 15.9 Å². The molecule has 2 aromatic rings. The van der Waals surface area contributed by atoms with Crippen LogP contribution in [-0.4, -0.2) is 17.8 Å². The Balaban J connectivity index is 3.07. The molecule has 21 heavy (non-hydrogen) atoms. The maximum atomic E-state index is 13.1. The minimum atomic E-state index is -5.28. The second kappa shape index (κ2) is 4.72. The molecule has 0 atom stereocenters. The minimum absolute atomic E-state index is 0.471. The van der Waals surface area contributed by atoms with Gasteiger partial charge in [0.15, 0.2) is 0 Å². The van der Waals surface area contributed by atoms with Crippen molar-refractivity contribution in [3.63, 3.8) is 0 Å². The Morgan fingerprint density at radius 3 is 2.52 bits per heavy atom. The largest absolute Gasteiger partial charge is 0.805 e. The molecule has 0 aliphatic rings. The number of hydrogen-bond donors (Lipinski definition) is 0. The van der Waals surface area contributed by atoms with Crippen molar-refractivity contribution in [1.29, 1.82) is 0 Å². The normalized spacial score (nSPS) is 11.7. The smallest absolute Gasteiger partial charge is 0.438 e. The lowest BCUT2D eigenvalue weighted by atomic mass is 10.2. The van der Waals surface area contributed by atoms with Gasteiger partial charge in [0.2, 0.25) is 5.69 Å². The quantitative estimate of drug-likeness (QED) is 0.457. The molecule has 1 aromatic carbocycles. The van der Waals surface area contributed by atoms with Crippen molar-refractivity contribution >= 4 is 17.0 Å². The maximum absolute atomic E-state index is 13.1. The van der Waals surface area contributed by atoms with Gasteiger partial charge in [-0.1, -0.05) is 0 Å². The molecule has 0 spiro atoms. The highest BCUT2D eigenvalue weighted by molar-refractivity contribution is 5.88. The second-order valence-corrected chi connectivity index (χ2v) is 3.91. The summed E-state index contributed by atoms with van der Waals surface area (Å²) in [7, 11) is 0.743. The molecular weight excluding hydrogens is 300 g/mol. The lowest BCUT2D eigenvalue weighted by Crippen LogP contribution is -2.35. The van der Waals surface area contributed by atoms with Crippen molar-refractivity contribution in [1.82, 2.24) is 4.73 Å². The number of aromatic nitrogens is 2. The Morgan fingerprint density at radius 1 is 1.38 bits per heavy atom.